The third-order valence-electron chi connectivity index (χ3n) is 4.73. The summed E-state index contributed by atoms with van der Waals surface area (Å²) in [6, 6.07) is 0. The van der Waals surface area contributed by atoms with Crippen LogP contribution in [0, 0.1) is 5.92 Å². The first kappa shape index (κ1) is 16.9. The Kier molecular flexibility index (Phi) is 5.80. The molecule has 0 radical (unpaired) electrons. The van der Waals surface area contributed by atoms with Gasteiger partial charge in [-0.2, -0.15) is 0 Å². The maximum Gasteiger partial charge on any atom is 0.147 e. The van der Waals surface area contributed by atoms with Gasteiger partial charge in [-0.3, -0.25) is 9.88 Å². The highest BCUT2D eigenvalue weighted by atomic mass is 15.2. The van der Waals surface area contributed by atoms with Gasteiger partial charge in [0.25, 0.3) is 0 Å². The smallest absolute Gasteiger partial charge is 0.147 e. The number of aromatic nitrogens is 4. The van der Waals surface area contributed by atoms with Crippen LogP contribution in [0.1, 0.15) is 37.7 Å². The lowest BCUT2D eigenvalue weighted by atomic mass is 9.93. The van der Waals surface area contributed by atoms with E-state index in [-0.39, 0.29) is 0 Å². The highest BCUT2D eigenvalue weighted by Crippen LogP contribution is 2.23. The van der Waals surface area contributed by atoms with Crippen molar-refractivity contribution in [3.05, 3.63) is 36.3 Å². The monoisotopic (exact) mass is 328 g/mol. The summed E-state index contributed by atoms with van der Waals surface area (Å²) in [6.45, 7) is 6.48. The Labute approximate surface area is 144 Å². The number of likely N-dealkylation sites (tertiary alicyclic amines) is 1. The predicted octanol–water partition coefficient (Wildman–Crippen LogP) is 2.58. The third kappa shape index (κ3) is 4.12. The topological polar surface area (TPSA) is 58.9 Å². The lowest BCUT2D eigenvalue weighted by molar-refractivity contribution is 0.161. The molecule has 2 aromatic rings. The molecule has 24 heavy (non-hydrogen) atoms. The van der Waals surface area contributed by atoms with E-state index in [0.29, 0.717) is 5.92 Å². The summed E-state index contributed by atoms with van der Waals surface area (Å²) in [5.74, 6) is 2.73. The fourth-order valence-electron chi connectivity index (χ4n) is 3.60. The number of nitrogens with zero attached hydrogens (tertiary/aromatic N) is 5. The molecule has 1 N–H and O–H groups in total. The molecular weight excluding hydrogens is 300 g/mol. The second-order valence-corrected chi connectivity index (χ2v) is 6.59. The molecule has 1 fully saturated rings. The molecule has 0 aromatic carbocycles. The van der Waals surface area contributed by atoms with Crippen molar-refractivity contribution in [1.29, 1.82) is 0 Å². The average Bonchev–Trinajstić information content (AvgIpc) is 3.03. The van der Waals surface area contributed by atoms with Gasteiger partial charge in [0, 0.05) is 44.9 Å². The van der Waals surface area contributed by atoms with E-state index in [1.807, 2.05) is 13.2 Å². The van der Waals surface area contributed by atoms with Crippen LogP contribution in [0.4, 0.5) is 5.82 Å². The van der Waals surface area contributed by atoms with Gasteiger partial charge in [-0.05, 0) is 38.1 Å². The first-order valence-electron chi connectivity index (χ1n) is 9.00. The number of hydrogen-bond acceptors (Lipinski definition) is 5. The highest BCUT2D eigenvalue weighted by molar-refractivity contribution is 5.38. The molecule has 2 aromatic heterocycles. The molecule has 6 nitrogen and oxygen atoms in total. The van der Waals surface area contributed by atoms with Crippen molar-refractivity contribution in [2.45, 2.75) is 45.7 Å². The second-order valence-electron chi connectivity index (χ2n) is 6.59. The van der Waals surface area contributed by atoms with E-state index in [2.05, 4.69) is 42.9 Å². The van der Waals surface area contributed by atoms with E-state index in [1.54, 1.807) is 12.4 Å². The van der Waals surface area contributed by atoms with E-state index < -0.39 is 0 Å². The molecule has 0 bridgehead atoms. The molecule has 6 heteroatoms. The Morgan fingerprint density at radius 3 is 2.92 bits per heavy atom. The molecule has 0 saturated carbocycles. The van der Waals surface area contributed by atoms with Crippen molar-refractivity contribution in [2.75, 3.05) is 25.5 Å². The summed E-state index contributed by atoms with van der Waals surface area (Å²) >= 11 is 0. The Morgan fingerprint density at radius 2 is 2.08 bits per heavy atom. The molecule has 1 saturated heterocycles. The molecule has 0 spiro atoms. The Hall–Kier alpha value is -1.95. The fourth-order valence-corrected chi connectivity index (χ4v) is 3.60. The van der Waals surface area contributed by atoms with Crippen LogP contribution in [0.15, 0.2) is 24.8 Å². The van der Waals surface area contributed by atoms with Gasteiger partial charge in [-0.1, -0.05) is 6.92 Å². The van der Waals surface area contributed by atoms with Crippen molar-refractivity contribution < 1.29 is 0 Å². The third-order valence-corrected chi connectivity index (χ3v) is 4.73. The zero-order chi connectivity index (χ0) is 16.8. The van der Waals surface area contributed by atoms with Gasteiger partial charge in [0.05, 0.1) is 12.2 Å². The summed E-state index contributed by atoms with van der Waals surface area (Å²) in [5.41, 5.74) is 1.08. The van der Waals surface area contributed by atoms with Gasteiger partial charge in [-0.15, -0.1) is 0 Å². The normalized spacial score (nSPS) is 18.7. The summed E-state index contributed by atoms with van der Waals surface area (Å²) in [6.07, 6.45) is 12.2. The van der Waals surface area contributed by atoms with Crippen molar-refractivity contribution >= 4 is 5.82 Å². The molecule has 130 valence electrons. The SMILES string of the molecule is CCCn1ccnc1CN1CCC[C@@H](Cc2nccnc2NC)C1. The van der Waals surface area contributed by atoms with E-state index in [9.17, 15) is 0 Å². The maximum absolute atomic E-state index is 4.55. The van der Waals surface area contributed by atoms with Crippen LogP contribution in [-0.2, 0) is 19.5 Å². The first-order valence-corrected chi connectivity index (χ1v) is 9.00. The highest BCUT2D eigenvalue weighted by Gasteiger charge is 2.22. The lowest BCUT2D eigenvalue weighted by Gasteiger charge is -2.32. The van der Waals surface area contributed by atoms with Crippen molar-refractivity contribution in [2.24, 2.45) is 5.92 Å². The molecule has 0 amide bonds. The largest absolute Gasteiger partial charge is 0.372 e. The van der Waals surface area contributed by atoms with Crippen molar-refractivity contribution in [3.8, 4) is 0 Å². The van der Waals surface area contributed by atoms with Crippen LogP contribution < -0.4 is 5.32 Å². The van der Waals surface area contributed by atoms with Gasteiger partial charge < -0.3 is 9.88 Å². The van der Waals surface area contributed by atoms with E-state index >= 15 is 0 Å². The van der Waals surface area contributed by atoms with E-state index in [1.165, 1.54) is 18.7 Å². The Balaban J connectivity index is 1.61. The molecule has 3 rings (SSSR count). The Morgan fingerprint density at radius 1 is 1.21 bits per heavy atom. The summed E-state index contributed by atoms with van der Waals surface area (Å²) in [7, 11) is 1.91. The van der Waals surface area contributed by atoms with Crippen molar-refractivity contribution in [3.63, 3.8) is 0 Å². The lowest BCUT2D eigenvalue weighted by Crippen LogP contribution is -2.36. The van der Waals surface area contributed by atoms with Gasteiger partial charge in [0.2, 0.25) is 0 Å². The number of hydrogen-bond donors (Lipinski definition) is 1. The van der Waals surface area contributed by atoms with Gasteiger partial charge in [0.15, 0.2) is 0 Å². The zero-order valence-corrected chi connectivity index (χ0v) is 14.8. The molecule has 0 unspecified atom stereocenters. The zero-order valence-electron chi connectivity index (χ0n) is 14.8. The minimum Gasteiger partial charge on any atom is -0.372 e. The van der Waals surface area contributed by atoms with Crippen LogP contribution in [-0.4, -0.2) is 44.6 Å². The van der Waals surface area contributed by atoms with Gasteiger partial charge in [-0.25, -0.2) is 9.97 Å². The Bertz CT molecular complexity index is 638. The second kappa shape index (κ2) is 8.24. The minimum atomic E-state index is 0.636. The van der Waals surface area contributed by atoms with Crippen LogP contribution in [0.5, 0.6) is 0 Å². The number of nitrogens with one attached hydrogen (secondary N) is 1. The molecule has 1 atom stereocenters. The number of imidazole rings is 1. The van der Waals surface area contributed by atoms with Gasteiger partial charge >= 0.3 is 0 Å². The van der Waals surface area contributed by atoms with Crippen LogP contribution >= 0.6 is 0 Å². The first-order chi connectivity index (χ1) is 11.8. The quantitative estimate of drug-likeness (QED) is 0.846. The number of anilines is 1. The number of aryl methyl sites for hydroxylation is 1. The van der Waals surface area contributed by atoms with Crippen molar-refractivity contribution in [1.82, 2.24) is 24.4 Å². The average molecular weight is 328 g/mol. The van der Waals surface area contributed by atoms with Crippen LogP contribution in [0.3, 0.4) is 0 Å². The maximum atomic E-state index is 4.55. The molecule has 1 aliphatic rings. The van der Waals surface area contributed by atoms with Gasteiger partial charge in [0.1, 0.15) is 11.6 Å². The molecule has 1 aliphatic heterocycles. The summed E-state index contributed by atoms with van der Waals surface area (Å²) < 4.78 is 2.28. The van der Waals surface area contributed by atoms with E-state index in [0.717, 1.165) is 50.5 Å². The molecule has 0 aliphatic carbocycles. The standard InChI is InChI=1S/C18H28N6/c1-3-9-24-11-8-21-17(24)14-23-10-4-5-15(13-23)12-16-18(19-2)22-7-6-20-16/h6-8,11,15H,3-5,9-10,12-14H2,1-2H3,(H,19,22)/t15-/m0/s1. The summed E-state index contributed by atoms with van der Waals surface area (Å²) in [4.78, 5) is 16.0. The molecular formula is C18H28N6. The van der Waals surface area contributed by atoms with Crippen LogP contribution in [0.25, 0.3) is 0 Å². The number of rotatable bonds is 7. The molecule has 3 heterocycles. The number of piperidine rings is 1. The van der Waals surface area contributed by atoms with E-state index in [4.69, 9.17) is 0 Å². The minimum absolute atomic E-state index is 0.636. The fraction of sp³-hybridized carbons (Fsp3) is 0.611. The predicted molar refractivity (Wildman–Crippen MR) is 95.8 cm³/mol. The summed E-state index contributed by atoms with van der Waals surface area (Å²) in [5, 5.41) is 3.15. The van der Waals surface area contributed by atoms with Crippen LogP contribution in [0.2, 0.25) is 0 Å².